The molecule has 30 heavy (non-hydrogen) atoms. The Hall–Kier alpha value is -1.14. The van der Waals surface area contributed by atoms with Gasteiger partial charge in [-0.15, -0.1) is 0 Å². The van der Waals surface area contributed by atoms with Crippen molar-refractivity contribution in [1.82, 2.24) is 19.6 Å². The molecule has 3 aliphatic rings. The summed E-state index contributed by atoms with van der Waals surface area (Å²) >= 11 is 0. The largest absolute Gasteiger partial charge is 0.342 e. The topological polar surface area (TPSA) is 47.1 Å². The van der Waals surface area contributed by atoms with Gasteiger partial charge in [-0.25, -0.2) is 0 Å². The molecule has 3 rings (SSSR count). The van der Waals surface area contributed by atoms with Crippen molar-refractivity contribution in [2.24, 2.45) is 0 Å². The third kappa shape index (κ3) is 5.97. The highest BCUT2D eigenvalue weighted by Crippen LogP contribution is 2.24. The Bertz CT molecular complexity index is 560. The Morgan fingerprint density at radius 1 is 0.700 bits per heavy atom. The van der Waals surface area contributed by atoms with Gasteiger partial charge in [0.1, 0.15) is 0 Å². The minimum atomic E-state index is 0.252. The summed E-state index contributed by atoms with van der Waals surface area (Å²) in [4.78, 5) is 34.4. The molecule has 1 aliphatic heterocycles. The molecular formula is C24H44N4O2. The summed E-state index contributed by atoms with van der Waals surface area (Å²) in [5.74, 6) is 0.505. The van der Waals surface area contributed by atoms with E-state index in [2.05, 4.69) is 23.6 Å². The fourth-order valence-electron chi connectivity index (χ4n) is 5.82. The Labute approximate surface area is 183 Å². The summed E-state index contributed by atoms with van der Waals surface area (Å²) < 4.78 is 0. The highest BCUT2D eigenvalue weighted by molar-refractivity contribution is 5.79. The summed E-state index contributed by atoms with van der Waals surface area (Å²) in [5.41, 5.74) is 0. The first-order valence-electron chi connectivity index (χ1n) is 12.4. The molecule has 0 radical (unpaired) electrons. The van der Waals surface area contributed by atoms with Crippen molar-refractivity contribution in [3.63, 3.8) is 0 Å². The van der Waals surface area contributed by atoms with Crippen LogP contribution in [0.4, 0.5) is 0 Å². The van der Waals surface area contributed by atoms with Crippen LogP contribution >= 0.6 is 0 Å². The maximum absolute atomic E-state index is 12.9. The molecule has 0 aromatic rings. The van der Waals surface area contributed by atoms with Crippen molar-refractivity contribution in [3.8, 4) is 0 Å². The Morgan fingerprint density at radius 2 is 1.10 bits per heavy atom. The van der Waals surface area contributed by atoms with Crippen molar-refractivity contribution in [3.05, 3.63) is 0 Å². The van der Waals surface area contributed by atoms with Gasteiger partial charge in [-0.05, 0) is 39.5 Å². The second-order valence-electron chi connectivity index (χ2n) is 10.2. The first-order valence-corrected chi connectivity index (χ1v) is 12.4. The summed E-state index contributed by atoms with van der Waals surface area (Å²) in [6.45, 7) is 7.12. The highest BCUT2D eigenvalue weighted by atomic mass is 16.2. The number of likely N-dealkylation sites (N-methyl/N-ethyl adjacent to an activating group) is 2. The van der Waals surface area contributed by atoms with Crippen molar-refractivity contribution < 1.29 is 9.59 Å². The van der Waals surface area contributed by atoms with Gasteiger partial charge in [-0.1, -0.05) is 38.5 Å². The lowest BCUT2D eigenvalue weighted by molar-refractivity contribution is -0.138. The highest BCUT2D eigenvalue weighted by Gasteiger charge is 2.34. The predicted octanol–water partition coefficient (Wildman–Crippen LogP) is 2.96. The molecule has 2 saturated carbocycles. The molecule has 2 atom stereocenters. The smallest absolute Gasteiger partial charge is 0.236 e. The Kier molecular flexibility index (Phi) is 8.58. The monoisotopic (exact) mass is 420 g/mol. The van der Waals surface area contributed by atoms with E-state index in [0.717, 1.165) is 38.8 Å². The zero-order chi connectivity index (χ0) is 21.7. The van der Waals surface area contributed by atoms with E-state index in [4.69, 9.17) is 0 Å². The molecule has 0 aromatic carbocycles. The van der Waals surface area contributed by atoms with Crippen molar-refractivity contribution in [2.45, 2.75) is 102 Å². The van der Waals surface area contributed by atoms with Crippen LogP contribution in [-0.4, -0.2) is 95.9 Å². The van der Waals surface area contributed by atoms with E-state index in [1.807, 2.05) is 23.9 Å². The van der Waals surface area contributed by atoms with E-state index in [1.165, 1.54) is 38.5 Å². The Balaban J connectivity index is 1.48. The summed E-state index contributed by atoms with van der Waals surface area (Å²) in [6, 6.07) is 1.41. The SMILES string of the molecule is CC1CN(CC(=O)N(C)C2CCCCC2)CC(C)N1CC(=O)N(C)C1CCCCC1. The van der Waals surface area contributed by atoms with Crippen LogP contribution < -0.4 is 0 Å². The van der Waals surface area contributed by atoms with Gasteiger partial charge < -0.3 is 9.80 Å². The van der Waals surface area contributed by atoms with Gasteiger partial charge in [-0.3, -0.25) is 19.4 Å². The zero-order valence-electron chi connectivity index (χ0n) is 19.8. The van der Waals surface area contributed by atoms with Crippen LogP contribution in [0.15, 0.2) is 0 Å². The first kappa shape index (κ1) is 23.5. The molecule has 2 aliphatic carbocycles. The quantitative estimate of drug-likeness (QED) is 0.663. The lowest BCUT2D eigenvalue weighted by Gasteiger charge is -2.45. The number of piperazine rings is 1. The molecule has 1 saturated heterocycles. The molecule has 0 spiro atoms. The number of hydrogen-bond donors (Lipinski definition) is 0. The van der Waals surface area contributed by atoms with E-state index in [-0.39, 0.29) is 23.9 Å². The lowest BCUT2D eigenvalue weighted by Crippen LogP contribution is -2.60. The van der Waals surface area contributed by atoms with E-state index in [0.29, 0.717) is 25.2 Å². The van der Waals surface area contributed by atoms with Crippen molar-refractivity contribution in [1.29, 1.82) is 0 Å². The molecule has 172 valence electrons. The molecule has 6 nitrogen and oxygen atoms in total. The number of rotatable bonds is 6. The molecule has 0 N–H and O–H groups in total. The van der Waals surface area contributed by atoms with Gasteiger partial charge in [0.25, 0.3) is 0 Å². The van der Waals surface area contributed by atoms with E-state index < -0.39 is 0 Å². The number of hydrogen-bond acceptors (Lipinski definition) is 4. The molecule has 2 amide bonds. The molecule has 1 heterocycles. The van der Waals surface area contributed by atoms with E-state index in [9.17, 15) is 9.59 Å². The fraction of sp³-hybridized carbons (Fsp3) is 0.917. The second-order valence-corrected chi connectivity index (χ2v) is 10.2. The maximum Gasteiger partial charge on any atom is 0.236 e. The summed E-state index contributed by atoms with van der Waals surface area (Å²) in [5, 5.41) is 0. The van der Waals surface area contributed by atoms with Gasteiger partial charge in [-0.2, -0.15) is 0 Å². The van der Waals surface area contributed by atoms with E-state index >= 15 is 0 Å². The standard InChI is InChI=1S/C24H44N4O2/c1-19-15-27(17-23(29)25(3)21-11-7-5-8-12-21)16-20(2)28(19)18-24(30)26(4)22-13-9-6-10-14-22/h19-22H,5-18H2,1-4H3. The molecule has 0 bridgehead atoms. The average molecular weight is 421 g/mol. The summed E-state index contributed by atoms with van der Waals surface area (Å²) in [7, 11) is 3.98. The molecular weight excluding hydrogens is 376 g/mol. The molecule has 6 heteroatoms. The molecule has 3 fully saturated rings. The average Bonchev–Trinajstić information content (AvgIpc) is 2.76. The minimum Gasteiger partial charge on any atom is -0.342 e. The van der Waals surface area contributed by atoms with Crippen LogP contribution in [0.2, 0.25) is 0 Å². The van der Waals surface area contributed by atoms with Gasteiger partial charge in [0.15, 0.2) is 0 Å². The van der Waals surface area contributed by atoms with Crippen molar-refractivity contribution in [2.75, 3.05) is 40.3 Å². The van der Waals surface area contributed by atoms with Crippen molar-refractivity contribution >= 4 is 11.8 Å². The molecule has 2 unspecified atom stereocenters. The van der Waals surface area contributed by atoms with Gasteiger partial charge in [0.05, 0.1) is 13.1 Å². The van der Waals surface area contributed by atoms with Crippen LogP contribution in [0.5, 0.6) is 0 Å². The number of amides is 2. The van der Waals surface area contributed by atoms with Gasteiger partial charge in [0, 0.05) is 51.4 Å². The minimum absolute atomic E-state index is 0.252. The number of carbonyl (C=O) groups is 2. The second kappa shape index (κ2) is 10.9. The van der Waals surface area contributed by atoms with Crippen LogP contribution in [0, 0.1) is 0 Å². The van der Waals surface area contributed by atoms with Crippen LogP contribution in [-0.2, 0) is 9.59 Å². The van der Waals surface area contributed by atoms with Crippen LogP contribution in [0.3, 0.4) is 0 Å². The fourth-order valence-corrected chi connectivity index (χ4v) is 5.82. The normalized spacial score (nSPS) is 27.7. The van der Waals surface area contributed by atoms with Crippen LogP contribution in [0.25, 0.3) is 0 Å². The maximum atomic E-state index is 12.9. The van der Waals surface area contributed by atoms with E-state index in [1.54, 1.807) is 0 Å². The third-order valence-electron chi connectivity index (χ3n) is 7.89. The molecule has 0 aromatic heterocycles. The zero-order valence-corrected chi connectivity index (χ0v) is 19.8. The lowest BCUT2D eigenvalue weighted by atomic mass is 9.94. The predicted molar refractivity (Wildman–Crippen MR) is 121 cm³/mol. The summed E-state index contributed by atoms with van der Waals surface area (Å²) in [6.07, 6.45) is 12.2. The Morgan fingerprint density at radius 3 is 1.53 bits per heavy atom. The van der Waals surface area contributed by atoms with Gasteiger partial charge in [0.2, 0.25) is 11.8 Å². The first-order chi connectivity index (χ1) is 14.4. The number of carbonyl (C=O) groups excluding carboxylic acids is 2. The third-order valence-corrected chi connectivity index (χ3v) is 7.89. The van der Waals surface area contributed by atoms with Crippen LogP contribution in [0.1, 0.15) is 78.1 Å². The van der Waals surface area contributed by atoms with Gasteiger partial charge >= 0.3 is 0 Å². The number of nitrogens with zero attached hydrogens (tertiary/aromatic N) is 4.